The first-order chi connectivity index (χ1) is 14.6. The molecule has 0 fully saturated rings. The zero-order valence-corrected chi connectivity index (χ0v) is 19.1. The van der Waals surface area contributed by atoms with E-state index in [2.05, 4.69) is 20.9 Å². The molecule has 0 aliphatic carbocycles. The number of rotatable bonds is 9. The fourth-order valence-corrected chi connectivity index (χ4v) is 2.56. The molecule has 0 aliphatic rings. The number of aromatic nitrogens is 2. The number of carboxylic acids is 1. The lowest BCUT2D eigenvalue weighted by atomic mass is 10.2. The van der Waals surface area contributed by atoms with Crippen molar-refractivity contribution in [2.24, 2.45) is 0 Å². The zero-order chi connectivity index (χ0) is 23.6. The van der Waals surface area contributed by atoms with Gasteiger partial charge in [0.05, 0.1) is 11.4 Å². The van der Waals surface area contributed by atoms with Gasteiger partial charge in [-0.05, 0) is 61.4 Å². The van der Waals surface area contributed by atoms with Crippen LogP contribution in [0, 0.1) is 0 Å². The summed E-state index contributed by atoms with van der Waals surface area (Å²) in [5.74, 6) is -2.20. The van der Waals surface area contributed by atoms with E-state index in [0.29, 0.717) is 5.57 Å². The average molecular weight is 497 g/mol. The largest absolute Gasteiger partial charge is 0.478 e. The van der Waals surface area contributed by atoms with Crippen LogP contribution in [0.15, 0.2) is 80.4 Å². The van der Waals surface area contributed by atoms with Crippen LogP contribution in [0.2, 0.25) is 0 Å². The van der Waals surface area contributed by atoms with Gasteiger partial charge in [0, 0.05) is 11.8 Å². The van der Waals surface area contributed by atoms with Crippen molar-refractivity contribution < 1.29 is 23.4 Å². The highest BCUT2D eigenvalue weighted by molar-refractivity contribution is 9.10. The van der Waals surface area contributed by atoms with E-state index in [1.165, 1.54) is 55.2 Å². The van der Waals surface area contributed by atoms with Crippen LogP contribution in [0.5, 0.6) is 5.88 Å². The molecule has 0 atom stereocenters. The average Bonchev–Trinajstić information content (AvgIpc) is 2.72. The van der Waals surface area contributed by atoms with E-state index >= 15 is 0 Å². The summed E-state index contributed by atoms with van der Waals surface area (Å²) in [6.07, 6.45) is 10.7. The maximum Gasteiger partial charge on any atom is 0.335 e. The third-order valence-corrected chi connectivity index (χ3v) is 4.45. The summed E-state index contributed by atoms with van der Waals surface area (Å²) in [5.41, 5.74) is 0.298. The predicted octanol–water partition coefficient (Wildman–Crippen LogP) is 5.51. The van der Waals surface area contributed by atoms with Crippen molar-refractivity contribution in [1.29, 1.82) is 0 Å². The number of hydrogen-bond donors (Lipinski definition) is 1. The monoisotopic (exact) mass is 496 g/mol. The van der Waals surface area contributed by atoms with E-state index in [0.717, 1.165) is 6.08 Å². The molecule has 0 saturated heterocycles. The first-order valence-electron chi connectivity index (χ1n) is 9.11. The Bertz CT molecular complexity index is 1060. The van der Waals surface area contributed by atoms with Crippen molar-refractivity contribution in [1.82, 2.24) is 9.55 Å². The lowest BCUT2D eigenvalue weighted by Gasteiger charge is -2.10. The minimum absolute atomic E-state index is 0.0140. The highest BCUT2D eigenvalue weighted by Crippen LogP contribution is 2.20. The second-order valence-electron chi connectivity index (χ2n) is 6.20. The molecule has 1 rings (SSSR count). The fourth-order valence-electron chi connectivity index (χ4n) is 2.14. The van der Waals surface area contributed by atoms with Crippen molar-refractivity contribution in [2.45, 2.75) is 27.7 Å². The number of allylic oxidation sites excluding steroid dienone is 7. The van der Waals surface area contributed by atoms with Gasteiger partial charge in [0.1, 0.15) is 23.2 Å². The Balaban J connectivity index is 3.11. The van der Waals surface area contributed by atoms with Gasteiger partial charge in [0.25, 0.3) is 5.56 Å². The number of aliphatic carboxylic acids is 1. The van der Waals surface area contributed by atoms with E-state index in [9.17, 15) is 18.4 Å². The summed E-state index contributed by atoms with van der Waals surface area (Å²) < 4.78 is 33.5. The molecule has 0 bridgehead atoms. The maximum atomic E-state index is 14.0. The summed E-state index contributed by atoms with van der Waals surface area (Å²) in [4.78, 5) is 27.6. The van der Waals surface area contributed by atoms with Crippen LogP contribution in [0.1, 0.15) is 27.7 Å². The lowest BCUT2D eigenvalue weighted by Crippen LogP contribution is -2.19. The first kappa shape index (κ1) is 26.0. The van der Waals surface area contributed by atoms with Crippen LogP contribution < -0.4 is 10.3 Å². The van der Waals surface area contributed by atoms with E-state index in [4.69, 9.17) is 9.84 Å². The standard InChI is InChI=1S/C22H23BrF2N2O4/c1-5-16(22(29)30)9-7-14(3)11-27-13-26-20(19(23)21(27)28)31-12-17(18(25)6-2)10-8-15(4)24/h5-11,13H,12H2,1-4H3,(H,29,30)/b9-7-,14-11+,15-8+,16-5+,17-10-,18-6+. The molecule has 1 heterocycles. The smallest absolute Gasteiger partial charge is 0.335 e. The van der Waals surface area contributed by atoms with Gasteiger partial charge < -0.3 is 9.84 Å². The number of carbonyl (C=O) groups is 1. The van der Waals surface area contributed by atoms with Gasteiger partial charge in [-0.2, -0.15) is 0 Å². The van der Waals surface area contributed by atoms with Gasteiger partial charge >= 0.3 is 5.97 Å². The van der Waals surface area contributed by atoms with Gasteiger partial charge in [-0.25, -0.2) is 18.6 Å². The molecule has 6 nitrogen and oxygen atoms in total. The van der Waals surface area contributed by atoms with Gasteiger partial charge in [-0.15, -0.1) is 0 Å². The summed E-state index contributed by atoms with van der Waals surface area (Å²) in [6.45, 7) is 5.74. The van der Waals surface area contributed by atoms with Gasteiger partial charge in [-0.3, -0.25) is 9.36 Å². The van der Waals surface area contributed by atoms with Crippen LogP contribution >= 0.6 is 15.9 Å². The van der Waals surface area contributed by atoms with Gasteiger partial charge in [0.15, 0.2) is 0 Å². The number of nitrogens with zero attached hydrogens (tertiary/aromatic N) is 2. The number of hydrogen-bond acceptors (Lipinski definition) is 4. The lowest BCUT2D eigenvalue weighted by molar-refractivity contribution is -0.132. The second kappa shape index (κ2) is 12.6. The molecule has 0 unspecified atom stereocenters. The number of carboxylic acid groups (broad SMARTS) is 1. The molecule has 1 N–H and O–H groups in total. The first-order valence-corrected chi connectivity index (χ1v) is 9.90. The molecule has 0 aromatic carbocycles. The molecule has 1 aromatic rings. The molecule has 9 heteroatoms. The molecule has 166 valence electrons. The van der Waals surface area contributed by atoms with Crippen LogP contribution in [0.4, 0.5) is 8.78 Å². The minimum Gasteiger partial charge on any atom is -0.478 e. The number of ether oxygens (including phenoxy) is 1. The summed E-state index contributed by atoms with van der Waals surface area (Å²) >= 11 is 3.13. The molecular formula is C22H23BrF2N2O4. The minimum atomic E-state index is -1.06. The zero-order valence-electron chi connectivity index (χ0n) is 17.5. The Kier molecular flexibility index (Phi) is 10.5. The van der Waals surface area contributed by atoms with Crippen molar-refractivity contribution in [3.05, 3.63) is 86.0 Å². The molecule has 31 heavy (non-hydrogen) atoms. The Hall–Kier alpha value is -3.07. The maximum absolute atomic E-state index is 14.0. The van der Waals surface area contributed by atoms with Crippen LogP contribution in [0.25, 0.3) is 6.20 Å². The van der Waals surface area contributed by atoms with Crippen LogP contribution in [-0.2, 0) is 4.79 Å². The Labute approximate surface area is 187 Å². The van der Waals surface area contributed by atoms with E-state index in [-0.39, 0.29) is 28.1 Å². The van der Waals surface area contributed by atoms with E-state index < -0.39 is 23.2 Å². The highest BCUT2D eigenvalue weighted by Gasteiger charge is 2.12. The Morgan fingerprint density at radius 2 is 1.90 bits per heavy atom. The quantitative estimate of drug-likeness (QED) is 0.360. The number of halogens is 3. The topological polar surface area (TPSA) is 81.4 Å². The van der Waals surface area contributed by atoms with Crippen molar-refractivity contribution >= 4 is 28.1 Å². The van der Waals surface area contributed by atoms with E-state index in [1.807, 2.05) is 0 Å². The van der Waals surface area contributed by atoms with Crippen LogP contribution in [0.3, 0.4) is 0 Å². The fraction of sp³-hybridized carbons (Fsp3) is 0.227. The second-order valence-corrected chi connectivity index (χ2v) is 7.00. The molecule has 0 aliphatic heterocycles. The van der Waals surface area contributed by atoms with Crippen LogP contribution in [-0.4, -0.2) is 27.2 Å². The summed E-state index contributed by atoms with van der Waals surface area (Å²) in [6, 6.07) is 0. The SMILES string of the molecule is C\C=C(/C=C\C(C)=C\n1cnc(OCC(=C/C=C(\C)F)/C(F)=C\C)c(Br)c1=O)C(=O)O. The van der Waals surface area contributed by atoms with Crippen molar-refractivity contribution in [3.63, 3.8) is 0 Å². The Morgan fingerprint density at radius 1 is 1.23 bits per heavy atom. The summed E-state index contributed by atoms with van der Waals surface area (Å²) in [7, 11) is 0. The van der Waals surface area contributed by atoms with E-state index in [1.54, 1.807) is 19.9 Å². The van der Waals surface area contributed by atoms with Crippen molar-refractivity contribution in [3.8, 4) is 5.88 Å². The van der Waals surface area contributed by atoms with Crippen molar-refractivity contribution in [2.75, 3.05) is 6.61 Å². The molecule has 0 spiro atoms. The molecule has 0 radical (unpaired) electrons. The van der Waals surface area contributed by atoms with Gasteiger partial charge in [0.2, 0.25) is 5.88 Å². The highest BCUT2D eigenvalue weighted by atomic mass is 79.9. The van der Waals surface area contributed by atoms with Gasteiger partial charge in [-0.1, -0.05) is 24.3 Å². The normalized spacial score (nSPS) is 14.4. The Morgan fingerprint density at radius 3 is 2.45 bits per heavy atom. The summed E-state index contributed by atoms with van der Waals surface area (Å²) in [5, 5.41) is 9.01. The molecule has 0 saturated carbocycles. The third-order valence-electron chi connectivity index (χ3n) is 3.77. The molecular weight excluding hydrogens is 474 g/mol. The predicted molar refractivity (Wildman–Crippen MR) is 120 cm³/mol. The third kappa shape index (κ3) is 8.29. The molecule has 1 aromatic heterocycles. The molecule has 0 amide bonds.